The summed E-state index contributed by atoms with van der Waals surface area (Å²) in [5, 5.41) is 0. The molecule has 1 atom stereocenters. The van der Waals surface area contributed by atoms with E-state index in [0.29, 0.717) is 13.0 Å². The van der Waals surface area contributed by atoms with E-state index in [-0.39, 0.29) is 11.3 Å². The third-order valence-corrected chi connectivity index (χ3v) is 4.59. The van der Waals surface area contributed by atoms with Gasteiger partial charge in [-0.05, 0) is 36.6 Å². The lowest BCUT2D eigenvalue weighted by molar-refractivity contribution is -0.136. The van der Waals surface area contributed by atoms with Crippen LogP contribution >= 0.6 is 0 Å². The maximum Gasteiger partial charge on any atom is 0.222 e. The van der Waals surface area contributed by atoms with Crippen molar-refractivity contribution >= 4 is 5.91 Å². The van der Waals surface area contributed by atoms with E-state index in [1.54, 1.807) is 0 Å². The molecule has 2 aromatic rings. The fourth-order valence-electron chi connectivity index (χ4n) is 3.27. The maximum atomic E-state index is 12.3. The van der Waals surface area contributed by atoms with Gasteiger partial charge in [-0.25, -0.2) is 0 Å². The molecule has 1 amide bonds. The third-order valence-electron chi connectivity index (χ3n) is 4.59. The predicted molar refractivity (Wildman–Crippen MR) is 87.4 cm³/mol. The Morgan fingerprint density at radius 1 is 1.23 bits per heavy atom. The molecule has 1 aromatic heterocycles. The zero-order chi connectivity index (χ0) is 15.6. The number of pyridine rings is 1. The summed E-state index contributed by atoms with van der Waals surface area (Å²) in [5.74, 6) is 0.253. The highest BCUT2D eigenvalue weighted by atomic mass is 16.2. The van der Waals surface area contributed by atoms with E-state index in [1.807, 2.05) is 30.2 Å². The van der Waals surface area contributed by atoms with Crippen LogP contribution in [0.5, 0.6) is 0 Å². The Kier molecular flexibility index (Phi) is 3.97. The second kappa shape index (κ2) is 5.91. The summed E-state index contributed by atoms with van der Waals surface area (Å²) in [6, 6.07) is 14.6. The zero-order valence-electron chi connectivity index (χ0n) is 13.2. The Balaban J connectivity index is 1.81. The Hall–Kier alpha value is -2.16. The standard InChI is InChI=1S/C19H22N2O/c1-15-12-16(9-11-20-15)13-21-14-19(2,10-8-18(21)22)17-6-4-3-5-7-17/h3-7,9,11-12H,8,10,13-14H2,1-2H3/t19-/m0/s1. The number of hydrogen-bond acceptors (Lipinski definition) is 2. The van der Waals surface area contributed by atoms with Crippen LogP contribution in [0.15, 0.2) is 48.7 Å². The van der Waals surface area contributed by atoms with Gasteiger partial charge >= 0.3 is 0 Å². The van der Waals surface area contributed by atoms with Crippen molar-refractivity contribution in [1.29, 1.82) is 0 Å². The summed E-state index contributed by atoms with van der Waals surface area (Å²) >= 11 is 0. The van der Waals surface area contributed by atoms with Gasteiger partial charge in [0.1, 0.15) is 0 Å². The van der Waals surface area contributed by atoms with Gasteiger partial charge in [-0.15, -0.1) is 0 Å². The number of likely N-dealkylation sites (tertiary alicyclic amines) is 1. The molecule has 1 fully saturated rings. The number of hydrogen-bond donors (Lipinski definition) is 0. The van der Waals surface area contributed by atoms with Crippen LogP contribution in [0.4, 0.5) is 0 Å². The second-order valence-corrected chi connectivity index (χ2v) is 6.48. The number of nitrogens with zero attached hydrogens (tertiary/aromatic N) is 2. The molecule has 1 aromatic carbocycles. The smallest absolute Gasteiger partial charge is 0.222 e. The number of carbonyl (C=O) groups is 1. The number of rotatable bonds is 3. The van der Waals surface area contributed by atoms with Gasteiger partial charge in [0.05, 0.1) is 0 Å². The molecule has 0 saturated carbocycles. The molecule has 0 aliphatic carbocycles. The highest BCUT2D eigenvalue weighted by molar-refractivity contribution is 5.77. The van der Waals surface area contributed by atoms with Crippen LogP contribution in [-0.2, 0) is 16.8 Å². The van der Waals surface area contributed by atoms with Crippen LogP contribution in [0, 0.1) is 6.92 Å². The van der Waals surface area contributed by atoms with Crippen molar-refractivity contribution in [3.8, 4) is 0 Å². The number of amides is 1. The second-order valence-electron chi connectivity index (χ2n) is 6.48. The summed E-state index contributed by atoms with van der Waals surface area (Å²) in [7, 11) is 0. The van der Waals surface area contributed by atoms with Gasteiger partial charge < -0.3 is 4.90 Å². The molecular formula is C19H22N2O. The molecule has 0 radical (unpaired) electrons. The lowest BCUT2D eigenvalue weighted by Gasteiger charge is -2.40. The molecule has 0 bridgehead atoms. The molecule has 114 valence electrons. The van der Waals surface area contributed by atoms with E-state index in [1.165, 1.54) is 5.56 Å². The quantitative estimate of drug-likeness (QED) is 0.868. The number of aryl methyl sites for hydroxylation is 1. The van der Waals surface area contributed by atoms with Crippen LogP contribution < -0.4 is 0 Å². The van der Waals surface area contributed by atoms with Crippen LogP contribution in [0.25, 0.3) is 0 Å². The summed E-state index contributed by atoms with van der Waals surface area (Å²) in [6.07, 6.45) is 3.35. The zero-order valence-corrected chi connectivity index (χ0v) is 13.2. The average molecular weight is 294 g/mol. The van der Waals surface area contributed by atoms with E-state index in [9.17, 15) is 4.79 Å². The maximum absolute atomic E-state index is 12.3. The minimum absolute atomic E-state index is 0.0389. The van der Waals surface area contributed by atoms with Crippen LogP contribution in [0.2, 0.25) is 0 Å². The SMILES string of the molecule is Cc1cc(CN2C[C@@](C)(c3ccccc3)CCC2=O)ccn1. The number of carbonyl (C=O) groups excluding carboxylic acids is 1. The molecule has 3 rings (SSSR count). The molecule has 1 aliphatic heterocycles. The van der Waals surface area contributed by atoms with Gasteiger partial charge in [-0.1, -0.05) is 37.3 Å². The highest BCUT2D eigenvalue weighted by Crippen LogP contribution is 2.34. The largest absolute Gasteiger partial charge is 0.337 e. The Morgan fingerprint density at radius 2 is 2.00 bits per heavy atom. The van der Waals surface area contributed by atoms with Crippen molar-refractivity contribution in [2.24, 2.45) is 0 Å². The highest BCUT2D eigenvalue weighted by Gasteiger charge is 2.36. The Morgan fingerprint density at radius 3 is 2.73 bits per heavy atom. The number of benzene rings is 1. The minimum atomic E-state index is 0.0389. The van der Waals surface area contributed by atoms with Crippen molar-refractivity contribution in [2.45, 2.75) is 38.6 Å². The topological polar surface area (TPSA) is 33.2 Å². The number of aromatic nitrogens is 1. The van der Waals surface area contributed by atoms with Crippen molar-refractivity contribution in [3.05, 3.63) is 65.5 Å². The van der Waals surface area contributed by atoms with Crippen molar-refractivity contribution in [3.63, 3.8) is 0 Å². The minimum Gasteiger partial charge on any atom is -0.337 e. The van der Waals surface area contributed by atoms with Crippen LogP contribution in [0.1, 0.15) is 36.6 Å². The molecule has 3 heteroatoms. The lowest BCUT2D eigenvalue weighted by atomic mass is 9.75. The molecule has 3 nitrogen and oxygen atoms in total. The van der Waals surface area contributed by atoms with Crippen molar-refractivity contribution in [1.82, 2.24) is 9.88 Å². The van der Waals surface area contributed by atoms with E-state index < -0.39 is 0 Å². The summed E-state index contributed by atoms with van der Waals surface area (Å²) in [4.78, 5) is 18.5. The van der Waals surface area contributed by atoms with E-state index in [0.717, 1.165) is 24.2 Å². The first-order valence-corrected chi connectivity index (χ1v) is 7.82. The van der Waals surface area contributed by atoms with E-state index >= 15 is 0 Å². The van der Waals surface area contributed by atoms with Gasteiger partial charge in [-0.3, -0.25) is 9.78 Å². The van der Waals surface area contributed by atoms with Crippen molar-refractivity contribution in [2.75, 3.05) is 6.54 Å². The van der Waals surface area contributed by atoms with Crippen molar-refractivity contribution < 1.29 is 4.79 Å². The molecule has 1 saturated heterocycles. The van der Waals surface area contributed by atoms with Gasteiger partial charge in [0.2, 0.25) is 5.91 Å². The lowest BCUT2D eigenvalue weighted by Crippen LogP contribution is -2.47. The fraction of sp³-hybridized carbons (Fsp3) is 0.368. The monoisotopic (exact) mass is 294 g/mol. The molecule has 0 spiro atoms. The summed E-state index contributed by atoms with van der Waals surface area (Å²) < 4.78 is 0. The molecule has 1 aliphatic rings. The Bertz CT molecular complexity index is 668. The molecule has 0 unspecified atom stereocenters. The van der Waals surface area contributed by atoms with Gasteiger partial charge in [-0.2, -0.15) is 0 Å². The van der Waals surface area contributed by atoms with Crippen LogP contribution in [-0.4, -0.2) is 22.3 Å². The normalized spacial score (nSPS) is 21.9. The van der Waals surface area contributed by atoms with Gasteiger partial charge in [0, 0.05) is 36.8 Å². The first-order valence-electron chi connectivity index (χ1n) is 7.82. The fourth-order valence-corrected chi connectivity index (χ4v) is 3.27. The molecule has 0 N–H and O–H groups in total. The molecule has 22 heavy (non-hydrogen) atoms. The number of piperidine rings is 1. The first kappa shape index (κ1) is 14.8. The third kappa shape index (κ3) is 3.03. The Labute approximate surface area is 132 Å². The summed E-state index contributed by atoms with van der Waals surface area (Å²) in [5.41, 5.74) is 3.50. The van der Waals surface area contributed by atoms with E-state index in [4.69, 9.17) is 0 Å². The van der Waals surface area contributed by atoms with Crippen LogP contribution in [0.3, 0.4) is 0 Å². The van der Waals surface area contributed by atoms with Gasteiger partial charge in [0.25, 0.3) is 0 Å². The van der Waals surface area contributed by atoms with E-state index in [2.05, 4.69) is 42.2 Å². The first-order chi connectivity index (χ1) is 10.6. The summed E-state index contributed by atoms with van der Waals surface area (Å²) in [6.45, 7) is 5.69. The average Bonchev–Trinajstić information content (AvgIpc) is 2.52. The molecular weight excluding hydrogens is 272 g/mol. The van der Waals surface area contributed by atoms with Gasteiger partial charge in [0.15, 0.2) is 0 Å². The molecule has 2 heterocycles. The predicted octanol–water partition coefficient (Wildman–Crippen LogP) is 3.47.